The predicted molar refractivity (Wildman–Crippen MR) is 113 cm³/mol. The Bertz CT molecular complexity index is 808. The highest BCUT2D eigenvalue weighted by molar-refractivity contribution is 5.68. The van der Waals surface area contributed by atoms with Crippen molar-refractivity contribution in [1.82, 2.24) is 19.8 Å². The number of rotatable bonds is 5. The molecule has 6 nitrogen and oxygen atoms in total. The number of amides is 1. The van der Waals surface area contributed by atoms with Crippen molar-refractivity contribution in [3.05, 3.63) is 59.9 Å². The van der Waals surface area contributed by atoms with Gasteiger partial charge in [-0.1, -0.05) is 12.1 Å². The third-order valence-electron chi connectivity index (χ3n) is 5.16. The Morgan fingerprint density at radius 3 is 2.43 bits per heavy atom. The van der Waals surface area contributed by atoms with Crippen molar-refractivity contribution in [2.24, 2.45) is 0 Å². The maximum atomic E-state index is 13.3. The van der Waals surface area contributed by atoms with Crippen molar-refractivity contribution in [2.45, 2.75) is 64.8 Å². The van der Waals surface area contributed by atoms with Gasteiger partial charge in [0.1, 0.15) is 17.7 Å². The Morgan fingerprint density at radius 2 is 1.77 bits per heavy atom. The lowest BCUT2D eigenvalue weighted by atomic mass is 10.1. The summed E-state index contributed by atoms with van der Waals surface area (Å²) in [4.78, 5) is 25.0. The first-order valence-corrected chi connectivity index (χ1v) is 10.5. The summed E-state index contributed by atoms with van der Waals surface area (Å²) < 4.78 is 18.9. The second-order valence-corrected chi connectivity index (χ2v) is 8.83. The second kappa shape index (κ2) is 9.98. The van der Waals surface area contributed by atoms with Crippen LogP contribution in [-0.4, -0.2) is 50.6 Å². The molecule has 0 unspecified atom stereocenters. The molecule has 1 fully saturated rings. The molecule has 1 amide bonds. The zero-order chi connectivity index (χ0) is 21.6. The lowest BCUT2D eigenvalue weighted by Gasteiger charge is -2.31. The number of halogens is 1. The molecular weight excluding hydrogens is 383 g/mol. The zero-order valence-electron chi connectivity index (χ0n) is 18.1. The van der Waals surface area contributed by atoms with Crippen LogP contribution in [0.4, 0.5) is 9.18 Å². The molecular formula is C23H31FN4O2. The Kier molecular flexibility index (Phi) is 7.37. The summed E-state index contributed by atoms with van der Waals surface area (Å²) in [5.41, 5.74) is 1.60. The highest BCUT2D eigenvalue weighted by Crippen LogP contribution is 2.23. The highest BCUT2D eigenvalue weighted by atomic mass is 19.1. The van der Waals surface area contributed by atoms with Crippen molar-refractivity contribution >= 4 is 6.09 Å². The van der Waals surface area contributed by atoms with Crippen LogP contribution in [0.5, 0.6) is 0 Å². The molecule has 0 aliphatic carbocycles. The Hall–Kier alpha value is -2.54. The van der Waals surface area contributed by atoms with Crippen LogP contribution in [0, 0.1) is 5.82 Å². The molecule has 0 bridgehead atoms. The Balaban J connectivity index is 1.70. The topological polar surface area (TPSA) is 58.6 Å². The van der Waals surface area contributed by atoms with Gasteiger partial charge in [0, 0.05) is 50.2 Å². The molecule has 1 aromatic carbocycles. The van der Waals surface area contributed by atoms with E-state index >= 15 is 0 Å². The molecule has 1 saturated heterocycles. The van der Waals surface area contributed by atoms with Crippen molar-refractivity contribution < 1.29 is 13.9 Å². The lowest BCUT2D eigenvalue weighted by Crippen LogP contribution is -2.39. The molecule has 2 heterocycles. The van der Waals surface area contributed by atoms with Gasteiger partial charge in [-0.2, -0.15) is 0 Å². The number of carbonyl (C=O) groups excluding carboxylic acids is 1. The van der Waals surface area contributed by atoms with Crippen molar-refractivity contribution in [3.8, 4) is 0 Å². The van der Waals surface area contributed by atoms with Crippen LogP contribution in [0.1, 0.15) is 51.2 Å². The van der Waals surface area contributed by atoms with Gasteiger partial charge in [0.2, 0.25) is 0 Å². The Labute approximate surface area is 178 Å². The van der Waals surface area contributed by atoms with Gasteiger partial charge < -0.3 is 9.64 Å². The summed E-state index contributed by atoms with van der Waals surface area (Å²) in [5, 5.41) is 0. The molecule has 2 aromatic rings. The average Bonchev–Trinajstić information content (AvgIpc) is 2.95. The van der Waals surface area contributed by atoms with Crippen LogP contribution < -0.4 is 0 Å². The Morgan fingerprint density at radius 1 is 1.10 bits per heavy atom. The largest absolute Gasteiger partial charge is 0.444 e. The average molecular weight is 415 g/mol. The first-order chi connectivity index (χ1) is 14.3. The van der Waals surface area contributed by atoms with E-state index in [4.69, 9.17) is 4.74 Å². The number of likely N-dealkylation sites (tertiary alicyclic amines) is 1. The maximum Gasteiger partial charge on any atom is 0.410 e. The minimum atomic E-state index is -0.495. The molecule has 162 valence electrons. The molecule has 1 aliphatic rings. The van der Waals surface area contributed by atoms with Gasteiger partial charge in [0.25, 0.3) is 0 Å². The minimum Gasteiger partial charge on any atom is -0.444 e. The van der Waals surface area contributed by atoms with Gasteiger partial charge in [0.15, 0.2) is 0 Å². The van der Waals surface area contributed by atoms with Crippen LogP contribution in [0.25, 0.3) is 0 Å². The molecule has 1 aliphatic heterocycles. The monoisotopic (exact) mass is 414 g/mol. The van der Waals surface area contributed by atoms with E-state index in [9.17, 15) is 9.18 Å². The van der Waals surface area contributed by atoms with Gasteiger partial charge in [-0.3, -0.25) is 4.90 Å². The normalized spacial score (nSPS) is 17.6. The van der Waals surface area contributed by atoms with E-state index in [1.54, 1.807) is 0 Å². The van der Waals surface area contributed by atoms with E-state index in [-0.39, 0.29) is 11.9 Å². The van der Waals surface area contributed by atoms with Crippen molar-refractivity contribution in [3.63, 3.8) is 0 Å². The predicted octanol–water partition coefficient (Wildman–Crippen LogP) is 4.41. The molecule has 3 rings (SSSR count). The fourth-order valence-electron chi connectivity index (χ4n) is 3.74. The second-order valence-electron chi connectivity index (χ2n) is 8.83. The number of hydrogen-bond donors (Lipinski definition) is 0. The van der Waals surface area contributed by atoms with E-state index in [0.29, 0.717) is 32.2 Å². The lowest BCUT2D eigenvalue weighted by molar-refractivity contribution is 0.0252. The smallest absolute Gasteiger partial charge is 0.410 e. The molecule has 1 aromatic heterocycles. The third-order valence-corrected chi connectivity index (χ3v) is 5.16. The molecule has 30 heavy (non-hydrogen) atoms. The zero-order valence-corrected chi connectivity index (χ0v) is 18.1. The summed E-state index contributed by atoms with van der Waals surface area (Å²) in [6.07, 6.45) is 7.68. The quantitative estimate of drug-likeness (QED) is 0.725. The van der Waals surface area contributed by atoms with Crippen LogP contribution in [0.15, 0.2) is 43.0 Å². The van der Waals surface area contributed by atoms with Crippen LogP contribution in [-0.2, 0) is 17.8 Å². The van der Waals surface area contributed by atoms with Gasteiger partial charge in [-0.25, -0.2) is 19.2 Å². The van der Waals surface area contributed by atoms with Crippen LogP contribution in [0.3, 0.4) is 0 Å². The summed E-state index contributed by atoms with van der Waals surface area (Å²) >= 11 is 0. The first-order valence-electron chi connectivity index (χ1n) is 10.5. The highest BCUT2D eigenvalue weighted by Gasteiger charge is 2.28. The molecule has 7 heteroatoms. The van der Waals surface area contributed by atoms with Gasteiger partial charge in [-0.05, 0) is 57.7 Å². The number of aromatic nitrogens is 2. The first kappa shape index (κ1) is 22.2. The fourth-order valence-corrected chi connectivity index (χ4v) is 3.74. The van der Waals surface area contributed by atoms with Crippen molar-refractivity contribution in [2.75, 3.05) is 13.1 Å². The fraction of sp³-hybridized carbons (Fsp3) is 0.522. The minimum absolute atomic E-state index is 0.232. The molecule has 0 N–H and O–H groups in total. The van der Waals surface area contributed by atoms with Gasteiger partial charge >= 0.3 is 6.09 Å². The molecule has 0 spiro atoms. The standard InChI is InChI=1S/C23H31FN4O2/c1-23(2,3)30-22(29)27-11-4-5-21(10-12-27)28(16-19-13-25-17-26-14-19)15-18-6-8-20(24)9-7-18/h6-9,13-14,17,21H,4-5,10-12,15-16H2,1-3H3/t21-/m0/s1. The third kappa shape index (κ3) is 6.76. The SMILES string of the molecule is CC(C)(C)OC(=O)N1CCC[C@H](N(Cc2ccc(F)cc2)Cc2cncnc2)CC1. The number of ether oxygens (including phenoxy) is 1. The summed E-state index contributed by atoms with van der Waals surface area (Å²) in [6.45, 7) is 8.42. The summed E-state index contributed by atoms with van der Waals surface area (Å²) in [6, 6.07) is 6.94. The molecule has 0 saturated carbocycles. The van der Waals surface area contributed by atoms with E-state index in [1.165, 1.54) is 18.5 Å². The number of nitrogens with zero attached hydrogens (tertiary/aromatic N) is 4. The maximum absolute atomic E-state index is 13.3. The van der Waals surface area contributed by atoms with E-state index in [1.807, 2.05) is 50.2 Å². The van der Waals surface area contributed by atoms with E-state index in [2.05, 4.69) is 14.9 Å². The number of hydrogen-bond acceptors (Lipinski definition) is 5. The van der Waals surface area contributed by atoms with E-state index in [0.717, 1.165) is 30.4 Å². The van der Waals surface area contributed by atoms with Gasteiger partial charge in [0.05, 0.1) is 0 Å². The molecule has 0 radical (unpaired) electrons. The summed E-state index contributed by atoms with van der Waals surface area (Å²) in [5.74, 6) is -0.232. The van der Waals surface area contributed by atoms with Crippen molar-refractivity contribution in [1.29, 1.82) is 0 Å². The summed E-state index contributed by atoms with van der Waals surface area (Å²) in [7, 11) is 0. The van der Waals surface area contributed by atoms with Crippen LogP contribution >= 0.6 is 0 Å². The van der Waals surface area contributed by atoms with E-state index < -0.39 is 5.60 Å². The van der Waals surface area contributed by atoms with Gasteiger partial charge in [-0.15, -0.1) is 0 Å². The molecule has 1 atom stereocenters. The number of carbonyl (C=O) groups is 1. The number of benzene rings is 1. The van der Waals surface area contributed by atoms with Crippen LogP contribution in [0.2, 0.25) is 0 Å².